The average molecular weight is 229 g/mol. The van der Waals surface area contributed by atoms with Crippen LogP contribution in [0.2, 0.25) is 0 Å². The molecule has 0 N–H and O–H groups in total. The molecule has 0 aliphatic carbocycles. The molecule has 0 bridgehead atoms. The minimum Gasteiger partial charge on any atom is -0.357 e. The molecule has 0 spiro atoms. The average Bonchev–Trinajstić information content (AvgIpc) is 2.75. The lowest BCUT2D eigenvalue weighted by atomic mass is 10.2. The molecule has 0 aromatic heterocycles. The molecule has 0 unspecified atom stereocenters. The predicted molar refractivity (Wildman–Crippen MR) is 65.4 cm³/mol. The van der Waals surface area contributed by atoms with Crippen molar-refractivity contribution < 1.29 is 4.79 Å². The van der Waals surface area contributed by atoms with Crippen LogP contribution >= 0.6 is 0 Å². The van der Waals surface area contributed by atoms with Gasteiger partial charge in [0.05, 0.1) is 18.3 Å². The summed E-state index contributed by atoms with van der Waals surface area (Å²) in [5.74, 6) is 0.227. The Morgan fingerprint density at radius 3 is 2.65 bits per heavy atom. The van der Waals surface area contributed by atoms with E-state index in [1.807, 2.05) is 29.0 Å². The Kier molecular flexibility index (Phi) is 3.29. The van der Waals surface area contributed by atoms with Crippen molar-refractivity contribution in [1.29, 1.82) is 5.26 Å². The van der Waals surface area contributed by atoms with Crippen molar-refractivity contribution in [2.45, 2.75) is 12.8 Å². The number of rotatable bonds is 3. The predicted octanol–water partition coefficient (Wildman–Crippen LogP) is 1.57. The summed E-state index contributed by atoms with van der Waals surface area (Å²) >= 11 is 0. The van der Waals surface area contributed by atoms with Gasteiger partial charge in [-0.25, -0.2) is 0 Å². The van der Waals surface area contributed by atoms with Crippen LogP contribution in [0.3, 0.4) is 0 Å². The highest BCUT2D eigenvalue weighted by atomic mass is 16.2. The lowest BCUT2D eigenvalue weighted by molar-refractivity contribution is -0.127. The quantitative estimate of drug-likeness (QED) is 0.790. The highest BCUT2D eigenvalue weighted by molar-refractivity contribution is 5.78. The molecular weight excluding hydrogens is 214 g/mol. The fraction of sp³-hybridized carbons (Fsp3) is 0.385. The zero-order chi connectivity index (χ0) is 12.3. The Labute approximate surface area is 101 Å². The van der Waals surface area contributed by atoms with Gasteiger partial charge in [-0.2, -0.15) is 5.26 Å². The second-order valence-corrected chi connectivity index (χ2v) is 4.26. The van der Waals surface area contributed by atoms with Gasteiger partial charge in [0.15, 0.2) is 0 Å². The largest absolute Gasteiger partial charge is 0.357 e. The lowest BCUT2D eigenvalue weighted by Gasteiger charge is -2.25. The summed E-state index contributed by atoms with van der Waals surface area (Å²) < 4.78 is 0. The fourth-order valence-corrected chi connectivity index (χ4v) is 1.98. The standard InChI is InChI=1S/C13H15N3O/c1-15(10-16-8-2-3-13(16)17)12-6-4-11(9-14)5-7-12/h4-7H,2-3,8,10H2,1H3. The molecule has 0 radical (unpaired) electrons. The van der Waals surface area contributed by atoms with Gasteiger partial charge < -0.3 is 9.80 Å². The third kappa shape index (κ3) is 2.56. The second kappa shape index (κ2) is 4.88. The Morgan fingerprint density at radius 1 is 1.41 bits per heavy atom. The number of likely N-dealkylation sites (tertiary alicyclic amines) is 1. The van der Waals surface area contributed by atoms with E-state index in [0.29, 0.717) is 18.7 Å². The zero-order valence-corrected chi connectivity index (χ0v) is 9.89. The number of amides is 1. The van der Waals surface area contributed by atoms with Crippen LogP contribution in [0.15, 0.2) is 24.3 Å². The summed E-state index contributed by atoms with van der Waals surface area (Å²) in [6.07, 6.45) is 1.63. The summed E-state index contributed by atoms with van der Waals surface area (Å²) in [6, 6.07) is 9.47. The van der Waals surface area contributed by atoms with E-state index in [9.17, 15) is 4.79 Å². The third-order valence-electron chi connectivity index (χ3n) is 2.99. The maximum atomic E-state index is 11.5. The molecule has 1 fully saturated rings. The minimum absolute atomic E-state index is 0.227. The van der Waals surface area contributed by atoms with Crippen LogP contribution in [0, 0.1) is 11.3 Å². The van der Waals surface area contributed by atoms with Crippen molar-refractivity contribution in [3.63, 3.8) is 0 Å². The van der Waals surface area contributed by atoms with E-state index < -0.39 is 0 Å². The van der Waals surface area contributed by atoms with Gasteiger partial charge >= 0.3 is 0 Å². The summed E-state index contributed by atoms with van der Waals surface area (Å²) in [5.41, 5.74) is 1.67. The molecule has 88 valence electrons. The molecule has 1 amide bonds. The van der Waals surface area contributed by atoms with Crippen molar-refractivity contribution in [2.75, 3.05) is 25.2 Å². The molecule has 1 aromatic carbocycles. The number of carbonyl (C=O) groups excluding carboxylic acids is 1. The second-order valence-electron chi connectivity index (χ2n) is 4.26. The first-order valence-corrected chi connectivity index (χ1v) is 5.70. The van der Waals surface area contributed by atoms with Gasteiger partial charge in [-0.15, -0.1) is 0 Å². The van der Waals surface area contributed by atoms with Crippen LogP contribution in [0.5, 0.6) is 0 Å². The topological polar surface area (TPSA) is 47.3 Å². The van der Waals surface area contributed by atoms with Crippen molar-refractivity contribution in [1.82, 2.24) is 4.90 Å². The molecule has 17 heavy (non-hydrogen) atoms. The number of anilines is 1. The highest BCUT2D eigenvalue weighted by Crippen LogP contribution is 2.16. The number of hydrogen-bond acceptors (Lipinski definition) is 3. The first-order chi connectivity index (χ1) is 8.20. The SMILES string of the molecule is CN(CN1CCCC1=O)c1ccc(C#N)cc1. The van der Waals surface area contributed by atoms with Gasteiger partial charge in [-0.1, -0.05) is 0 Å². The molecule has 1 saturated heterocycles. The maximum Gasteiger partial charge on any atom is 0.224 e. The Hall–Kier alpha value is -2.02. The molecule has 0 atom stereocenters. The molecule has 4 heteroatoms. The first-order valence-electron chi connectivity index (χ1n) is 5.70. The fourth-order valence-electron chi connectivity index (χ4n) is 1.98. The first kappa shape index (κ1) is 11.5. The number of nitrogens with zero attached hydrogens (tertiary/aromatic N) is 3. The van der Waals surface area contributed by atoms with Crippen molar-refractivity contribution in [2.24, 2.45) is 0 Å². The summed E-state index contributed by atoms with van der Waals surface area (Å²) in [7, 11) is 1.95. The normalized spacial score (nSPS) is 14.8. The highest BCUT2D eigenvalue weighted by Gasteiger charge is 2.20. The minimum atomic E-state index is 0.227. The Balaban J connectivity index is 2.01. The molecular formula is C13H15N3O. The number of benzene rings is 1. The smallest absolute Gasteiger partial charge is 0.224 e. The van der Waals surface area contributed by atoms with Gasteiger partial charge in [0, 0.05) is 25.7 Å². The molecule has 1 aliphatic rings. The molecule has 1 heterocycles. The molecule has 1 aromatic rings. The van der Waals surface area contributed by atoms with Crippen LogP contribution in [0.25, 0.3) is 0 Å². The summed E-state index contributed by atoms with van der Waals surface area (Å²) in [4.78, 5) is 15.4. The van der Waals surface area contributed by atoms with Crippen LogP contribution in [0.4, 0.5) is 5.69 Å². The van der Waals surface area contributed by atoms with Crippen LogP contribution < -0.4 is 4.90 Å². The van der Waals surface area contributed by atoms with E-state index in [-0.39, 0.29) is 5.91 Å². The van der Waals surface area contributed by atoms with Gasteiger partial charge in [0.2, 0.25) is 5.91 Å². The van der Waals surface area contributed by atoms with E-state index in [0.717, 1.165) is 18.7 Å². The van der Waals surface area contributed by atoms with E-state index in [4.69, 9.17) is 5.26 Å². The van der Waals surface area contributed by atoms with Crippen LogP contribution in [-0.4, -0.2) is 31.1 Å². The van der Waals surface area contributed by atoms with E-state index in [1.165, 1.54) is 0 Å². The van der Waals surface area contributed by atoms with Crippen LogP contribution in [0.1, 0.15) is 18.4 Å². The summed E-state index contributed by atoms with van der Waals surface area (Å²) in [6.45, 7) is 1.46. The van der Waals surface area contributed by atoms with E-state index >= 15 is 0 Å². The summed E-state index contributed by atoms with van der Waals surface area (Å²) in [5, 5.41) is 8.72. The molecule has 1 aliphatic heterocycles. The van der Waals surface area contributed by atoms with Crippen molar-refractivity contribution in [3.05, 3.63) is 29.8 Å². The van der Waals surface area contributed by atoms with Gasteiger partial charge in [0.1, 0.15) is 0 Å². The van der Waals surface area contributed by atoms with E-state index in [2.05, 4.69) is 6.07 Å². The maximum absolute atomic E-state index is 11.5. The van der Waals surface area contributed by atoms with Crippen molar-refractivity contribution in [3.8, 4) is 6.07 Å². The van der Waals surface area contributed by atoms with E-state index in [1.54, 1.807) is 12.1 Å². The lowest BCUT2D eigenvalue weighted by Crippen LogP contribution is -2.36. The molecule has 2 rings (SSSR count). The number of carbonyl (C=O) groups is 1. The van der Waals surface area contributed by atoms with Gasteiger partial charge in [0.25, 0.3) is 0 Å². The Bertz CT molecular complexity index is 447. The number of nitriles is 1. The molecule has 4 nitrogen and oxygen atoms in total. The van der Waals surface area contributed by atoms with Gasteiger partial charge in [-0.05, 0) is 30.7 Å². The van der Waals surface area contributed by atoms with Crippen LogP contribution in [-0.2, 0) is 4.79 Å². The monoisotopic (exact) mass is 229 g/mol. The zero-order valence-electron chi connectivity index (χ0n) is 9.89. The van der Waals surface area contributed by atoms with Gasteiger partial charge in [-0.3, -0.25) is 4.79 Å². The third-order valence-corrected chi connectivity index (χ3v) is 2.99. The Morgan fingerprint density at radius 2 is 2.12 bits per heavy atom. The molecule has 0 saturated carbocycles. The van der Waals surface area contributed by atoms with Crippen molar-refractivity contribution >= 4 is 11.6 Å². The number of hydrogen-bond donors (Lipinski definition) is 0.